The Labute approximate surface area is 163 Å². The predicted octanol–water partition coefficient (Wildman–Crippen LogP) is 4.69. The molecule has 14 heteroatoms. The third kappa shape index (κ3) is 14.7. The number of ether oxygens (including phenoxy) is 2. The summed E-state index contributed by atoms with van der Waals surface area (Å²) in [7, 11) is 0. The number of hydrogen-bond donors (Lipinski definition) is 2. The zero-order valence-electron chi connectivity index (χ0n) is 15.9. The third-order valence-electron chi connectivity index (χ3n) is 2.72. The lowest BCUT2D eigenvalue weighted by Crippen LogP contribution is -2.40. The van der Waals surface area contributed by atoms with Crippen molar-refractivity contribution in [3.05, 3.63) is 0 Å². The summed E-state index contributed by atoms with van der Waals surface area (Å²) < 4.78 is 126. The molecule has 1 rings (SSSR count). The Hall–Kier alpha value is -0.860. The number of rotatable bonds is 7. The van der Waals surface area contributed by atoms with Crippen molar-refractivity contribution in [1.82, 2.24) is 0 Å². The first-order valence-electron chi connectivity index (χ1n) is 7.82. The molecule has 0 amide bonds. The first-order chi connectivity index (χ1) is 12.4. The van der Waals surface area contributed by atoms with Crippen LogP contribution in [0.3, 0.4) is 0 Å². The zero-order valence-corrected chi connectivity index (χ0v) is 14.9. The van der Waals surface area contributed by atoms with Gasteiger partial charge in [0, 0.05) is 26.1 Å². The molecule has 0 aromatic rings. The molecule has 29 heavy (non-hydrogen) atoms. The Morgan fingerprint density at radius 3 is 1.62 bits per heavy atom. The molecule has 0 aromatic carbocycles. The standard InChI is InChI=1S/C7H11F5O2.C5H5F5O.C2H6O.CH4/c1-2-14-4-5(13)3-6(8,9)7(10,11)12;6-4(7,5(8,9)10)1-3-2-11-3;1-2-3;/h5,13H,2-4H2,1H3;3H,1-2H2;3H,2H2,1H3;1H4/p+1. The van der Waals surface area contributed by atoms with Crippen molar-refractivity contribution in [2.75, 3.05) is 26.4 Å². The van der Waals surface area contributed by atoms with Crippen molar-refractivity contribution < 1.29 is 65.0 Å². The number of aliphatic hydroxyl groups excluding tert-OH is 2. The van der Waals surface area contributed by atoms with Gasteiger partial charge in [-0.2, -0.15) is 43.9 Å². The van der Waals surface area contributed by atoms with E-state index < -0.39 is 55.9 Å². The van der Waals surface area contributed by atoms with E-state index in [4.69, 9.17) is 10.2 Å². The van der Waals surface area contributed by atoms with Gasteiger partial charge in [-0.05, 0) is 13.8 Å². The lowest BCUT2D eigenvalue weighted by atomic mass is 10.1. The molecule has 0 aromatic heterocycles. The van der Waals surface area contributed by atoms with Gasteiger partial charge in [0.25, 0.3) is 0 Å². The average Bonchev–Trinajstić information content (AvgIpc) is 3.27. The highest BCUT2D eigenvalue weighted by Crippen LogP contribution is 2.41. The molecule has 0 radical (unpaired) electrons. The van der Waals surface area contributed by atoms with Crippen molar-refractivity contribution >= 4 is 0 Å². The number of alkyl halides is 10. The molecule has 1 aliphatic heterocycles. The van der Waals surface area contributed by atoms with E-state index in [0.717, 1.165) is 0 Å². The molecule has 1 saturated heterocycles. The van der Waals surface area contributed by atoms with Gasteiger partial charge >= 0.3 is 25.6 Å². The van der Waals surface area contributed by atoms with Gasteiger partial charge in [0.2, 0.25) is 0 Å². The van der Waals surface area contributed by atoms with Crippen LogP contribution in [0.5, 0.6) is 0 Å². The average molecular weight is 461 g/mol. The molecule has 2 N–H and O–H groups in total. The molecule has 0 bridgehead atoms. The summed E-state index contributed by atoms with van der Waals surface area (Å²) in [5.74, 6) is -9.47. The number of hydrogen-bond acceptors (Lipinski definition) is 4. The molecule has 0 spiro atoms. The van der Waals surface area contributed by atoms with Gasteiger partial charge in [0.05, 0.1) is 25.4 Å². The van der Waals surface area contributed by atoms with Crippen LogP contribution in [0.4, 0.5) is 43.9 Å². The van der Waals surface area contributed by atoms with Crippen LogP contribution in [0.25, 0.3) is 0 Å². The molecule has 1 heterocycles. The van der Waals surface area contributed by atoms with Crippen LogP contribution in [0.2, 0.25) is 0 Å². The van der Waals surface area contributed by atoms with Crippen LogP contribution >= 0.6 is 0 Å². The highest BCUT2D eigenvalue weighted by molar-refractivity contribution is 4.84. The van der Waals surface area contributed by atoms with E-state index in [0.29, 0.717) is 0 Å². The van der Waals surface area contributed by atoms with Crippen LogP contribution in [0, 0.1) is 0 Å². The van der Waals surface area contributed by atoms with Crippen molar-refractivity contribution in [2.24, 2.45) is 0 Å². The molecule has 2 atom stereocenters. The van der Waals surface area contributed by atoms with Gasteiger partial charge in [0.15, 0.2) is 0 Å². The van der Waals surface area contributed by atoms with Crippen molar-refractivity contribution in [1.29, 1.82) is 0 Å². The van der Waals surface area contributed by atoms with E-state index >= 15 is 0 Å². The first-order valence-corrected chi connectivity index (χ1v) is 7.82. The molecule has 2 unspecified atom stereocenters. The number of halogens is 10. The first kappa shape index (κ1) is 32.8. The monoisotopic (exact) mass is 461 g/mol. The maximum atomic E-state index is 12.3. The molecule has 1 aliphatic rings. The second kappa shape index (κ2) is 13.4. The summed E-state index contributed by atoms with van der Waals surface area (Å²) in [6, 6.07) is 0. The second-order valence-corrected chi connectivity index (χ2v) is 5.40. The molecule has 0 aliphatic carbocycles. The van der Waals surface area contributed by atoms with Gasteiger partial charge in [0.1, 0.15) is 0 Å². The fourth-order valence-corrected chi connectivity index (χ4v) is 1.31. The number of aliphatic hydroxyl groups is 2. The Bertz CT molecular complexity index is 415. The topological polar surface area (TPSA) is 62.2 Å². The van der Waals surface area contributed by atoms with Crippen molar-refractivity contribution in [2.45, 2.75) is 70.5 Å². The molecule has 1 fully saturated rings. The van der Waals surface area contributed by atoms with E-state index in [1.807, 2.05) is 0 Å². The number of epoxide rings is 1. The highest BCUT2D eigenvalue weighted by Gasteiger charge is 2.59. The minimum absolute atomic E-state index is 0. The summed E-state index contributed by atoms with van der Waals surface area (Å²) in [5, 5.41) is 16.3. The quantitative estimate of drug-likeness (QED) is 0.427. The largest absolute Gasteiger partial charge is 1.00 e. The summed E-state index contributed by atoms with van der Waals surface area (Å²) in [4.78, 5) is 0. The van der Waals surface area contributed by atoms with Crippen LogP contribution in [0.15, 0.2) is 0 Å². The van der Waals surface area contributed by atoms with Gasteiger partial charge in [-0.25, -0.2) is 0 Å². The van der Waals surface area contributed by atoms with Gasteiger partial charge < -0.3 is 19.7 Å². The van der Waals surface area contributed by atoms with Crippen molar-refractivity contribution in [3.63, 3.8) is 0 Å². The second-order valence-electron chi connectivity index (χ2n) is 5.40. The van der Waals surface area contributed by atoms with Gasteiger partial charge in [-0.3, -0.25) is 0 Å². The molecular weight excluding hydrogens is 434 g/mol. The minimum Gasteiger partial charge on any atom is -0.397 e. The summed E-state index contributed by atoms with van der Waals surface area (Å²) in [6.45, 7) is 3.09. The van der Waals surface area contributed by atoms with E-state index in [1.54, 1.807) is 6.92 Å². The Balaban J connectivity index is -0.000000191. The smallest absolute Gasteiger partial charge is 0.397 e. The van der Waals surface area contributed by atoms with Gasteiger partial charge in [-0.15, -0.1) is 0 Å². The fourth-order valence-electron chi connectivity index (χ4n) is 1.31. The Morgan fingerprint density at radius 2 is 1.34 bits per heavy atom. The molecule has 0 saturated carbocycles. The SMILES string of the molecule is C.CCO.CCOCC(O)CC(F)(F)C(F)(F)F.FC(F)(F)C(F)(F)CC1CO1.[H+]. The molecule has 180 valence electrons. The summed E-state index contributed by atoms with van der Waals surface area (Å²) in [6.07, 6.45) is -16.7. The lowest BCUT2D eigenvalue weighted by Gasteiger charge is -2.22. The van der Waals surface area contributed by atoms with Crippen LogP contribution in [-0.4, -0.2) is 73.0 Å². The lowest BCUT2D eigenvalue weighted by molar-refractivity contribution is -0.291. The predicted molar refractivity (Wildman–Crippen MR) is 84.1 cm³/mol. The van der Waals surface area contributed by atoms with Crippen molar-refractivity contribution in [3.8, 4) is 0 Å². The maximum absolute atomic E-state index is 12.3. The van der Waals surface area contributed by atoms with Crippen LogP contribution < -0.4 is 0 Å². The van der Waals surface area contributed by atoms with Crippen LogP contribution in [-0.2, 0) is 9.47 Å². The molecule has 4 nitrogen and oxygen atoms in total. The Morgan fingerprint density at radius 1 is 0.966 bits per heavy atom. The molecular formula is C15H27F10O4+. The fraction of sp³-hybridized carbons (Fsp3) is 1.00. The zero-order chi connectivity index (χ0) is 22.8. The highest BCUT2D eigenvalue weighted by atomic mass is 19.4. The van der Waals surface area contributed by atoms with E-state index in [9.17, 15) is 43.9 Å². The van der Waals surface area contributed by atoms with Crippen LogP contribution in [0.1, 0.15) is 35.5 Å². The summed E-state index contributed by atoms with van der Waals surface area (Å²) >= 11 is 0. The Kier molecular flexibility index (Phi) is 15.2. The van der Waals surface area contributed by atoms with E-state index in [1.165, 1.54) is 6.92 Å². The summed E-state index contributed by atoms with van der Waals surface area (Å²) in [5.41, 5.74) is 0. The van der Waals surface area contributed by atoms with Gasteiger partial charge in [-0.1, -0.05) is 7.43 Å². The maximum Gasteiger partial charge on any atom is 1.00 e. The normalized spacial score (nSPS) is 17.8. The van der Waals surface area contributed by atoms with E-state index in [-0.39, 0.29) is 28.7 Å². The third-order valence-corrected chi connectivity index (χ3v) is 2.72. The minimum atomic E-state index is -5.62. The van der Waals surface area contributed by atoms with E-state index in [2.05, 4.69) is 9.47 Å².